The lowest BCUT2D eigenvalue weighted by Gasteiger charge is -2.07. The van der Waals surface area contributed by atoms with Crippen molar-refractivity contribution >= 4 is 11.6 Å². The van der Waals surface area contributed by atoms with E-state index in [0.29, 0.717) is 5.88 Å². The molecule has 1 aromatic heterocycles. The molecule has 0 aliphatic rings. The first-order valence-corrected chi connectivity index (χ1v) is 7.13. The Balaban J connectivity index is 2.02. The average molecular weight is 276 g/mol. The SMILES string of the molecule is CCCCc1ccc(Oc2ccnc(CCl)c2)cc1. The molecule has 2 nitrogen and oxygen atoms in total. The van der Waals surface area contributed by atoms with Gasteiger partial charge in [0, 0.05) is 12.3 Å². The van der Waals surface area contributed by atoms with Crippen LogP contribution >= 0.6 is 11.6 Å². The maximum atomic E-state index is 5.78. The zero-order valence-electron chi connectivity index (χ0n) is 11.1. The van der Waals surface area contributed by atoms with Gasteiger partial charge in [0.15, 0.2) is 0 Å². The molecule has 0 saturated carbocycles. The summed E-state index contributed by atoms with van der Waals surface area (Å²) in [4.78, 5) is 4.14. The Morgan fingerprint density at radius 3 is 2.58 bits per heavy atom. The minimum Gasteiger partial charge on any atom is -0.457 e. The third-order valence-electron chi connectivity index (χ3n) is 2.90. The number of hydrogen-bond acceptors (Lipinski definition) is 2. The van der Waals surface area contributed by atoms with Gasteiger partial charge in [-0.2, -0.15) is 0 Å². The first kappa shape index (κ1) is 13.9. The van der Waals surface area contributed by atoms with Gasteiger partial charge in [-0.05, 0) is 36.6 Å². The summed E-state index contributed by atoms with van der Waals surface area (Å²) in [6.07, 6.45) is 5.28. The standard InChI is InChI=1S/C16H18ClNO/c1-2-3-4-13-5-7-15(8-6-13)19-16-9-10-18-14(11-16)12-17/h5-11H,2-4,12H2,1H3. The fourth-order valence-corrected chi connectivity index (χ4v) is 1.98. The number of benzene rings is 1. The fourth-order valence-electron chi connectivity index (χ4n) is 1.83. The van der Waals surface area contributed by atoms with E-state index < -0.39 is 0 Å². The molecule has 1 heterocycles. The van der Waals surface area contributed by atoms with Crippen molar-refractivity contribution in [3.63, 3.8) is 0 Å². The Kier molecular flexibility index (Phi) is 5.22. The number of pyridine rings is 1. The number of unbranched alkanes of at least 4 members (excludes halogenated alkanes) is 1. The number of alkyl halides is 1. The number of ether oxygens (including phenoxy) is 1. The molecule has 0 unspecified atom stereocenters. The van der Waals surface area contributed by atoms with Gasteiger partial charge in [-0.15, -0.1) is 11.6 Å². The Bertz CT molecular complexity index is 510. The van der Waals surface area contributed by atoms with Crippen LogP contribution in [0.25, 0.3) is 0 Å². The first-order valence-electron chi connectivity index (χ1n) is 6.59. The molecule has 0 saturated heterocycles. The molecule has 0 radical (unpaired) electrons. The lowest BCUT2D eigenvalue weighted by Crippen LogP contribution is -1.89. The van der Waals surface area contributed by atoms with Crippen molar-refractivity contribution < 1.29 is 4.74 Å². The number of aryl methyl sites for hydroxylation is 1. The minimum absolute atomic E-state index is 0.396. The summed E-state index contributed by atoms with van der Waals surface area (Å²) < 4.78 is 5.78. The lowest BCUT2D eigenvalue weighted by atomic mass is 10.1. The molecule has 0 bridgehead atoms. The largest absolute Gasteiger partial charge is 0.457 e. The summed E-state index contributed by atoms with van der Waals surface area (Å²) in [5.74, 6) is 2.01. The molecule has 2 rings (SSSR count). The molecular formula is C16H18ClNO. The van der Waals surface area contributed by atoms with E-state index in [2.05, 4.69) is 24.0 Å². The van der Waals surface area contributed by atoms with E-state index in [0.717, 1.165) is 23.6 Å². The van der Waals surface area contributed by atoms with E-state index in [4.69, 9.17) is 16.3 Å². The quantitative estimate of drug-likeness (QED) is 0.696. The first-order chi connectivity index (χ1) is 9.31. The highest BCUT2D eigenvalue weighted by Gasteiger charge is 2.00. The van der Waals surface area contributed by atoms with Gasteiger partial charge in [0.05, 0.1) is 11.6 Å². The minimum atomic E-state index is 0.396. The molecule has 100 valence electrons. The Morgan fingerprint density at radius 1 is 1.11 bits per heavy atom. The Labute approximate surface area is 119 Å². The van der Waals surface area contributed by atoms with Gasteiger partial charge in [-0.1, -0.05) is 25.5 Å². The summed E-state index contributed by atoms with van der Waals surface area (Å²) in [5, 5.41) is 0. The van der Waals surface area contributed by atoms with E-state index in [1.807, 2.05) is 24.3 Å². The monoisotopic (exact) mass is 275 g/mol. The number of aromatic nitrogens is 1. The van der Waals surface area contributed by atoms with Crippen molar-refractivity contribution in [3.8, 4) is 11.5 Å². The van der Waals surface area contributed by atoms with Crippen LogP contribution in [-0.2, 0) is 12.3 Å². The molecule has 0 amide bonds. The highest BCUT2D eigenvalue weighted by atomic mass is 35.5. The van der Waals surface area contributed by atoms with E-state index in [-0.39, 0.29) is 0 Å². The Morgan fingerprint density at radius 2 is 1.89 bits per heavy atom. The third-order valence-corrected chi connectivity index (χ3v) is 3.18. The molecule has 19 heavy (non-hydrogen) atoms. The van der Waals surface area contributed by atoms with Gasteiger partial charge in [0.1, 0.15) is 11.5 Å². The average Bonchev–Trinajstić information content (AvgIpc) is 2.47. The zero-order valence-corrected chi connectivity index (χ0v) is 11.9. The number of rotatable bonds is 6. The van der Waals surface area contributed by atoms with Crippen molar-refractivity contribution in [2.75, 3.05) is 0 Å². The van der Waals surface area contributed by atoms with E-state index >= 15 is 0 Å². The lowest BCUT2D eigenvalue weighted by molar-refractivity contribution is 0.481. The summed E-state index contributed by atoms with van der Waals surface area (Å²) >= 11 is 5.75. The summed E-state index contributed by atoms with van der Waals surface area (Å²) in [6, 6.07) is 11.9. The normalized spacial score (nSPS) is 10.4. The second-order valence-electron chi connectivity index (χ2n) is 4.47. The van der Waals surface area contributed by atoms with Crippen LogP contribution in [0.1, 0.15) is 31.0 Å². The maximum absolute atomic E-state index is 5.78. The maximum Gasteiger partial charge on any atom is 0.130 e. The van der Waals surface area contributed by atoms with E-state index in [1.54, 1.807) is 6.20 Å². The van der Waals surface area contributed by atoms with Gasteiger partial charge >= 0.3 is 0 Å². The molecule has 2 aromatic rings. The summed E-state index contributed by atoms with van der Waals surface area (Å²) in [5.41, 5.74) is 2.17. The molecule has 0 spiro atoms. The van der Waals surface area contributed by atoms with E-state index in [1.165, 1.54) is 18.4 Å². The van der Waals surface area contributed by atoms with Crippen LogP contribution in [0.3, 0.4) is 0 Å². The van der Waals surface area contributed by atoms with Crippen LogP contribution in [0.2, 0.25) is 0 Å². The Hall–Kier alpha value is -1.54. The predicted octanol–water partition coefficient (Wildman–Crippen LogP) is 4.96. The van der Waals surface area contributed by atoms with Crippen LogP contribution in [0.5, 0.6) is 11.5 Å². The van der Waals surface area contributed by atoms with Crippen LogP contribution in [-0.4, -0.2) is 4.98 Å². The second-order valence-corrected chi connectivity index (χ2v) is 4.73. The second kappa shape index (κ2) is 7.15. The number of hydrogen-bond donors (Lipinski definition) is 0. The van der Waals surface area contributed by atoms with Crippen molar-refractivity contribution in [2.45, 2.75) is 32.1 Å². The molecule has 1 aromatic carbocycles. The summed E-state index contributed by atoms with van der Waals surface area (Å²) in [7, 11) is 0. The van der Waals surface area contributed by atoms with Crippen LogP contribution < -0.4 is 4.74 Å². The van der Waals surface area contributed by atoms with E-state index in [9.17, 15) is 0 Å². The van der Waals surface area contributed by atoms with Gasteiger partial charge < -0.3 is 4.74 Å². The number of halogens is 1. The molecule has 0 atom stereocenters. The molecular weight excluding hydrogens is 258 g/mol. The van der Waals surface area contributed by atoms with Gasteiger partial charge in [0.25, 0.3) is 0 Å². The topological polar surface area (TPSA) is 22.1 Å². The zero-order chi connectivity index (χ0) is 13.5. The fraction of sp³-hybridized carbons (Fsp3) is 0.312. The third kappa shape index (κ3) is 4.25. The van der Waals surface area contributed by atoms with Crippen LogP contribution in [0, 0.1) is 0 Å². The van der Waals surface area contributed by atoms with Crippen molar-refractivity contribution in [3.05, 3.63) is 53.9 Å². The predicted molar refractivity (Wildman–Crippen MR) is 78.9 cm³/mol. The smallest absolute Gasteiger partial charge is 0.130 e. The molecule has 3 heteroatoms. The van der Waals surface area contributed by atoms with Crippen molar-refractivity contribution in [1.82, 2.24) is 4.98 Å². The molecule has 0 N–H and O–H groups in total. The van der Waals surface area contributed by atoms with Crippen LogP contribution in [0.4, 0.5) is 0 Å². The number of nitrogens with zero attached hydrogens (tertiary/aromatic N) is 1. The highest BCUT2D eigenvalue weighted by Crippen LogP contribution is 2.22. The molecule has 0 aliphatic heterocycles. The van der Waals surface area contributed by atoms with Gasteiger partial charge in [0.2, 0.25) is 0 Å². The highest BCUT2D eigenvalue weighted by molar-refractivity contribution is 6.16. The summed E-state index contributed by atoms with van der Waals surface area (Å²) in [6.45, 7) is 2.20. The van der Waals surface area contributed by atoms with Crippen molar-refractivity contribution in [2.24, 2.45) is 0 Å². The van der Waals surface area contributed by atoms with Crippen LogP contribution in [0.15, 0.2) is 42.6 Å². The van der Waals surface area contributed by atoms with Gasteiger partial charge in [-0.25, -0.2) is 0 Å². The van der Waals surface area contributed by atoms with Crippen molar-refractivity contribution in [1.29, 1.82) is 0 Å². The molecule has 0 fully saturated rings. The molecule has 0 aliphatic carbocycles. The van der Waals surface area contributed by atoms with Gasteiger partial charge in [-0.3, -0.25) is 4.98 Å².